The van der Waals surface area contributed by atoms with Crippen LogP contribution in [-0.4, -0.2) is 34.6 Å². The van der Waals surface area contributed by atoms with Gasteiger partial charge in [0.15, 0.2) is 11.0 Å². The van der Waals surface area contributed by atoms with Crippen LogP contribution in [0.3, 0.4) is 0 Å². The number of likely N-dealkylation sites (N-methyl/N-ethyl adjacent to an activating group) is 1. The van der Waals surface area contributed by atoms with Gasteiger partial charge in [-0.15, -0.1) is 0 Å². The van der Waals surface area contributed by atoms with E-state index in [2.05, 4.69) is 16.6 Å². The molecule has 0 atom stereocenters. The first-order chi connectivity index (χ1) is 12.6. The average Bonchev–Trinajstić information content (AvgIpc) is 2.89. The summed E-state index contributed by atoms with van der Waals surface area (Å²) >= 11 is 1.34. The number of amidine groups is 1. The number of amides is 1. The van der Waals surface area contributed by atoms with Gasteiger partial charge in [-0.1, -0.05) is 30.9 Å². The van der Waals surface area contributed by atoms with E-state index in [1.807, 2.05) is 55.5 Å². The molecule has 2 aromatic rings. The fourth-order valence-corrected chi connectivity index (χ4v) is 3.28. The summed E-state index contributed by atoms with van der Waals surface area (Å²) in [5.41, 5.74) is 1.81. The van der Waals surface area contributed by atoms with Gasteiger partial charge in [-0.3, -0.25) is 9.69 Å². The van der Waals surface area contributed by atoms with Crippen molar-refractivity contribution in [3.63, 3.8) is 0 Å². The van der Waals surface area contributed by atoms with Crippen LogP contribution in [0.5, 0.6) is 5.75 Å². The van der Waals surface area contributed by atoms with Gasteiger partial charge < -0.3 is 4.74 Å². The Morgan fingerprint density at radius 3 is 2.73 bits per heavy atom. The van der Waals surface area contributed by atoms with Gasteiger partial charge in [0.2, 0.25) is 0 Å². The van der Waals surface area contributed by atoms with Gasteiger partial charge in [0.25, 0.3) is 5.91 Å². The van der Waals surface area contributed by atoms with Gasteiger partial charge in [0.05, 0.1) is 4.91 Å². The van der Waals surface area contributed by atoms with Crippen molar-refractivity contribution in [1.29, 1.82) is 0 Å². The molecular weight excluding hydrogens is 346 g/mol. The fourth-order valence-electron chi connectivity index (χ4n) is 2.31. The highest BCUT2D eigenvalue weighted by atomic mass is 32.2. The van der Waals surface area contributed by atoms with Crippen LogP contribution < -0.4 is 4.74 Å². The Hall–Kier alpha value is -2.86. The summed E-state index contributed by atoms with van der Waals surface area (Å²) in [6.07, 6.45) is 3.55. The third-order valence-corrected chi connectivity index (χ3v) is 4.69. The maximum atomic E-state index is 12.5. The molecule has 0 bridgehead atoms. The molecule has 26 heavy (non-hydrogen) atoms. The molecule has 1 aliphatic rings. The smallest absolute Gasteiger partial charge is 0.266 e. The monoisotopic (exact) mass is 365 g/mol. The lowest BCUT2D eigenvalue weighted by Gasteiger charge is -2.06. The third-order valence-electron chi connectivity index (χ3n) is 3.63. The zero-order chi connectivity index (χ0) is 18.5. The molecule has 1 amide bonds. The van der Waals surface area contributed by atoms with Crippen LogP contribution in [0.25, 0.3) is 6.08 Å². The Bertz CT molecular complexity index is 888. The van der Waals surface area contributed by atoms with Crippen LogP contribution >= 0.6 is 11.8 Å². The highest BCUT2D eigenvalue weighted by Crippen LogP contribution is 2.33. The van der Waals surface area contributed by atoms with E-state index in [0.29, 0.717) is 22.5 Å². The molecule has 0 N–H and O–H groups in total. The van der Waals surface area contributed by atoms with Crippen molar-refractivity contribution in [1.82, 2.24) is 9.88 Å². The number of thioether (sulfide) groups is 1. The minimum Gasteiger partial charge on any atom is -0.490 e. The number of carbonyl (C=O) groups is 1. The summed E-state index contributed by atoms with van der Waals surface area (Å²) < 4.78 is 5.47. The predicted octanol–water partition coefficient (Wildman–Crippen LogP) is 4.19. The van der Waals surface area contributed by atoms with E-state index in [9.17, 15) is 4.79 Å². The Labute approximate surface area is 157 Å². The number of hydrogen-bond donors (Lipinski definition) is 0. The number of rotatable bonds is 5. The van der Waals surface area contributed by atoms with E-state index in [-0.39, 0.29) is 5.91 Å². The first-order valence-electron chi connectivity index (χ1n) is 8.10. The minimum absolute atomic E-state index is 0.0756. The molecule has 0 radical (unpaired) electrons. The number of hydrogen-bond acceptors (Lipinski definition) is 5. The van der Waals surface area contributed by atoms with Crippen LogP contribution in [0.1, 0.15) is 11.3 Å². The van der Waals surface area contributed by atoms with E-state index < -0.39 is 0 Å². The second kappa shape index (κ2) is 8.01. The number of aliphatic imine (C=N–C) groups is 1. The summed E-state index contributed by atoms with van der Waals surface area (Å²) in [5, 5.41) is 0.616. The van der Waals surface area contributed by atoms with Crippen LogP contribution in [0, 0.1) is 6.92 Å². The van der Waals surface area contributed by atoms with E-state index in [1.165, 1.54) is 11.8 Å². The van der Waals surface area contributed by atoms with Gasteiger partial charge in [-0.05, 0) is 54.6 Å². The summed E-state index contributed by atoms with van der Waals surface area (Å²) in [4.78, 5) is 23.5. The number of carbonyl (C=O) groups excluding carboxylic acids is 1. The van der Waals surface area contributed by atoms with E-state index in [0.717, 1.165) is 17.0 Å². The molecule has 0 unspecified atom stereocenters. The van der Waals surface area contributed by atoms with Gasteiger partial charge in [-0.25, -0.2) is 9.98 Å². The molecule has 5 nitrogen and oxygen atoms in total. The largest absolute Gasteiger partial charge is 0.490 e. The molecular formula is C20H19N3O2S. The van der Waals surface area contributed by atoms with E-state index in [1.54, 1.807) is 18.0 Å². The molecule has 0 aliphatic carbocycles. The topological polar surface area (TPSA) is 54.8 Å². The average molecular weight is 365 g/mol. The molecule has 2 heterocycles. The SMILES string of the molecule is C=CCOc1ccc(/C=C2\S/C(=N/c3cccc(C)n3)N(C)C2=O)cc1. The van der Waals surface area contributed by atoms with Gasteiger partial charge in [0.1, 0.15) is 12.4 Å². The van der Waals surface area contributed by atoms with Gasteiger partial charge >= 0.3 is 0 Å². The van der Waals surface area contributed by atoms with Crippen molar-refractivity contribution in [3.8, 4) is 5.75 Å². The van der Waals surface area contributed by atoms with Crippen molar-refractivity contribution in [2.24, 2.45) is 4.99 Å². The van der Waals surface area contributed by atoms with Crippen LogP contribution in [0.2, 0.25) is 0 Å². The van der Waals surface area contributed by atoms with Crippen LogP contribution in [0.15, 0.2) is 65.0 Å². The number of nitrogens with zero attached hydrogens (tertiary/aromatic N) is 3. The zero-order valence-electron chi connectivity index (χ0n) is 14.7. The number of benzene rings is 1. The molecule has 132 valence electrons. The third kappa shape index (κ3) is 4.21. The number of pyridine rings is 1. The van der Waals surface area contributed by atoms with Gasteiger partial charge in [-0.2, -0.15) is 0 Å². The highest BCUT2D eigenvalue weighted by molar-refractivity contribution is 8.18. The maximum Gasteiger partial charge on any atom is 0.266 e. The van der Waals surface area contributed by atoms with E-state index in [4.69, 9.17) is 4.74 Å². The number of aryl methyl sites for hydroxylation is 1. The molecule has 3 rings (SSSR count). The molecule has 1 aromatic heterocycles. The van der Waals surface area contributed by atoms with Gasteiger partial charge in [0, 0.05) is 12.7 Å². The maximum absolute atomic E-state index is 12.5. The lowest BCUT2D eigenvalue weighted by atomic mass is 10.2. The molecule has 1 aliphatic heterocycles. The highest BCUT2D eigenvalue weighted by Gasteiger charge is 2.30. The van der Waals surface area contributed by atoms with Crippen LogP contribution in [0.4, 0.5) is 5.82 Å². The summed E-state index contributed by atoms with van der Waals surface area (Å²) in [6.45, 7) is 6.00. The minimum atomic E-state index is -0.0756. The normalized spacial score (nSPS) is 17.2. The second-order valence-corrected chi connectivity index (χ2v) is 6.68. The van der Waals surface area contributed by atoms with Crippen molar-refractivity contribution < 1.29 is 9.53 Å². The molecule has 1 saturated heterocycles. The molecule has 0 saturated carbocycles. The zero-order valence-corrected chi connectivity index (χ0v) is 15.5. The summed E-state index contributed by atoms with van der Waals surface area (Å²) in [5.74, 6) is 1.29. The molecule has 1 fully saturated rings. The molecule has 1 aromatic carbocycles. The summed E-state index contributed by atoms with van der Waals surface area (Å²) in [7, 11) is 1.72. The first kappa shape index (κ1) is 17.9. The van der Waals surface area contributed by atoms with Crippen molar-refractivity contribution in [2.45, 2.75) is 6.92 Å². The van der Waals surface area contributed by atoms with E-state index >= 15 is 0 Å². The Balaban J connectivity index is 1.79. The molecule has 0 spiro atoms. The Kier molecular flexibility index (Phi) is 5.53. The quantitative estimate of drug-likeness (QED) is 0.589. The summed E-state index contributed by atoms with van der Waals surface area (Å²) in [6, 6.07) is 13.2. The standard InChI is InChI=1S/C20H19N3O2S/c1-4-12-25-16-10-8-15(9-11-16)13-17-19(24)23(3)20(26-17)22-18-7-5-6-14(2)21-18/h4-11,13H,1,12H2,2-3H3/b17-13-,22-20+. The lowest BCUT2D eigenvalue weighted by Crippen LogP contribution is -2.23. The van der Waals surface area contributed by atoms with Crippen molar-refractivity contribution in [3.05, 3.63) is 71.3 Å². The lowest BCUT2D eigenvalue weighted by molar-refractivity contribution is -0.121. The number of aromatic nitrogens is 1. The van der Waals surface area contributed by atoms with Crippen LogP contribution in [-0.2, 0) is 4.79 Å². The molecule has 6 heteroatoms. The first-order valence-corrected chi connectivity index (χ1v) is 8.92. The second-order valence-electron chi connectivity index (χ2n) is 5.68. The van der Waals surface area contributed by atoms with Crippen molar-refractivity contribution in [2.75, 3.05) is 13.7 Å². The Morgan fingerprint density at radius 2 is 2.04 bits per heavy atom. The fraction of sp³-hybridized carbons (Fsp3) is 0.150. The van der Waals surface area contributed by atoms with Crippen molar-refractivity contribution >= 4 is 34.7 Å². The number of ether oxygens (including phenoxy) is 1. The predicted molar refractivity (Wildman–Crippen MR) is 107 cm³/mol. The Morgan fingerprint density at radius 1 is 1.27 bits per heavy atom.